The summed E-state index contributed by atoms with van der Waals surface area (Å²) in [5.41, 5.74) is 2.87. The molecule has 0 spiro atoms. The molecule has 0 saturated carbocycles. The number of rotatable bonds is 4. The number of anilines is 1. The van der Waals surface area contributed by atoms with Crippen LogP contribution in [0.3, 0.4) is 0 Å². The Balaban J connectivity index is 1.74. The Kier molecular flexibility index (Phi) is 5.31. The first-order chi connectivity index (χ1) is 13.6. The molecule has 1 fully saturated rings. The second kappa shape index (κ2) is 7.88. The summed E-state index contributed by atoms with van der Waals surface area (Å²) < 4.78 is 6.64. The van der Waals surface area contributed by atoms with Crippen LogP contribution >= 0.6 is 22.9 Å². The van der Waals surface area contributed by atoms with Gasteiger partial charge in [-0.1, -0.05) is 29.0 Å². The van der Waals surface area contributed by atoms with Gasteiger partial charge in [0.15, 0.2) is 5.13 Å². The molecule has 2 aromatic carbocycles. The predicted molar refractivity (Wildman–Crippen MR) is 111 cm³/mol. The molecule has 1 saturated heterocycles. The van der Waals surface area contributed by atoms with Gasteiger partial charge in [0.25, 0.3) is 5.91 Å². The van der Waals surface area contributed by atoms with Crippen LogP contribution in [0.25, 0.3) is 10.2 Å². The summed E-state index contributed by atoms with van der Waals surface area (Å²) in [6.07, 6.45) is 1.90. The molecule has 1 unspecified atom stereocenters. The molecule has 0 bridgehead atoms. The van der Waals surface area contributed by atoms with Crippen LogP contribution in [-0.4, -0.2) is 30.1 Å². The first kappa shape index (κ1) is 18.9. The van der Waals surface area contributed by atoms with Crippen LogP contribution in [0, 0.1) is 18.3 Å². The summed E-state index contributed by atoms with van der Waals surface area (Å²) in [7, 11) is 0. The molecule has 142 valence electrons. The van der Waals surface area contributed by atoms with E-state index in [1.807, 2.05) is 19.1 Å². The van der Waals surface area contributed by atoms with Crippen molar-refractivity contribution in [3.05, 3.63) is 58.1 Å². The SMILES string of the molecule is Cc1ccc(Cl)c2sc(N(CC3CCCO3)C(=O)c3ccc(C#N)cc3)nc12. The Labute approximate surface area is 172 Å². The summed E-state index contributed by atoms with van der Waals surface area (Å²) in [5, 5.41) is 10.2. The van der Waals surface area contributed by atoms with Gasteiger partial charge >= 0.3 is 0 Å². The third kappa shape index (κ3) is 3.61. The zero-order chi connectivity index (χ0) is 19.7. The number of ether oxygens (including phenoxy) is 1. The Morgan fingerprint density at radius 3 is 2.79 bits per heavy atom. The van der Waals surface area contributed by atoms with Crippen molar-refractivity contribution in [2.45, 2.75) is 25.9 Å². The molecule has 0 aliphatic carbocycles. The van der Waals surface area contributed by atoms with Crippen LogP contribution in [0.2, 0.25) is 5.02 Å². The number of hydrogen-bond acceptors (Lipinski definition) is 5. The van der Waals surface area contributed by atoms with Gasteiger partial charge in [-0.3, -0.25) is 9.69 Å². The van der Waals surface area contributed by atoms with Gasteiger partial charge in [0.05, 0.1) is 39.5 Å². The van der Waals surface area contributed by atoms with Gasteiger partial charge in [0.2, 0.25) is 0 Å². The quantitative estimate of drug-likeness (QED) is 0.608. The van der Waals surface area contributed by atoms with E-state index in [0.717, 1.165) is 28.6 Å². The van der Waals surface area contributed by atoms with Crippen molar-refractivity contribution in [2.75, 3.05) is 18.1 Å². The highest BCUT2D eigenvalue weighted by atomic mass is 35.5. The second-order valence-corrected chi connectivity index (χ2v) is 8.16. The number of fused-ring (bicyclic) bond motifs is 1. The normalized spacial score (nSPS) is 16.2. The van der Waals surface area contributed by atoms with Crippen molar-refractivity contribution in [1.29, 1.82) is 5.26 Å². The van der Waals surface area contributed by atoms with Crippen molar-refractivity contribution in [3.63, 3.8) is 0 Å². The van der Waals surface area contributed by atoms with E-state index in [2.05, 4.69) is 6.07 Å². The molecule has 1 aromatic heterocycles. The lowest BCUT2D eigenvalue weighted by Gasteiger charge is -2.23. The molecule has 28 heavy (non-hydrogen) atoms. The maximum Gasteiger partial charge on any atom is 0.260 e. The first-order valence-electron chi connectivity index (χ1n) is 9.06. The minimum absolute atomic E-state index is 0.00841. The Bertz CT molecular complexity index is 1030. The number of halogens is 1. The number of nitrogens with zero attached hydrogens (tertiary/aromatic N) is 3. The Morgan fingerprint density at radius 2 is 2.14 bits per heavy atom. The average molecular weight is 412 g/mol. The minimum atomic E-state index is -0.159. The molecule has 1 atom stereocenters. The van der Waals surface area contributed by atoms with E-state index in [4.69, 9.17) is 26.6 Å². The lowest BCUT2D eigenvalue weighted by Crippen LogP contribution is -2.37. The zero-order valence-electron chi connectivity index (χ0n) is 15.3. The lowest BCUT2D eigenvalue weighted by molar-refractivity contribution is 0.0917. The molecule has 5 nitrogen and oxygen atoms in total. The zero-order valence-corrected chi connectivity index (χ0v) is 16.9. The Morgan fingerprint density at radius 1 is 1.36 bits per heavy atom. The van der Waals surface area contributed by atoms with Crippen LogP contribution in [0.4, 0.5) is 5.13 Å². The molecule has 1 aliphatic rings. The monoisotopic (exact) mass is 411 g/mol. The van der Waals surface area contributed by atoms with E-state index in [9.17, 15) is 4.79 Å². The number of benzene rings is 2. The third-order valence-corrected chi connectivity index (χ3v) is 6.37. The first-order valence-corrected chi connectivity index (χ1v) is 10.3. The van der Waals surface area contributed by atoms with Gasteiger partial charge < -0.3 is 4.74 Å². The van der Waals surface area contributed by atoms with Crippen molar-refractivity contribution < 1.29 is 9.53 Å². The topological polar surface area (TPSA) is 66.2 Å². The fourth-order valence-electron chi connectivity index (χ4n) is 3.29. The maximum atomic E-state index is 13.3. The molecular weight excluding hydrogens is 394 g/mol. The van der Waals surface area contributed by atoms with Gasteiger partial charge in [0, 0.05) is 12.2 Å². The molecule has 1 amide bonds. The van der Waals surface area contributed by atoms with Crippen LogP contribution in [-0.2, 0) is 4.74 Å². The Hall–Kier alpha value is -2.46. The molecule has 1 aliphatic heterocycles. The molecule has 0 N–H and O–H groups in total. The maximum absolute atomic E-state index is 13.3. The highest BCUT2D eigenvalue weighted by molar-refractivity contribution is 7.23. The summed E-state index contributed by atoms with van der Waals surface area (Å²) in [5.74, 6) is -0.159. The number of nitriles is 1. The number of carbonyl (C=O) groups excluding carboxylic acids is 1. The van der Waals surface area contributed by atoms with Crippen LogP contribution < -0.4 is 4.90 Å². The molecule has 3 aromatic rings. The number of thiazole rings is 1. The van der Waals surface area contributed by atoms with E-state index < -0.39 is 0 Å². The summed E-state index contributed by atoms with van der Waals surface area (Å²) in [6.45, 7) is 3.14. The van der Waals surface area contributed by atoms with E-state index in [-0.39, 0.29) is 12.0 Å². The largest absolute Gasteiger partial charge is 0.376 e. The molecular formula is C21H18ClN3O2S. The van der Waals surface area contributed by atoms with Crippen molar-refractivity contribution >= 4 is 44.2 Å². The summed E-state index contributed by atoms with van der Waals surface area (Å²) in [4.78, 5) is 19.7. The second-order valence-electron chi connectivity index (χ2n) is 6.78. The van der Waals surface area contributed by atoms with Gasteiger partial charge in [0.1, 0.15) is 0 Å². The minimum Gasteiger partial charge on any atom is -0.376 e. The van der Waals surface area contributed by atoms with E-state index in [1.165, 1.54) is 11.3 Å². The van der Waals surface area contributed by atoms with Crippen LogP contribution in [0.5, 0.6) is 0 Å². The van der Waals surface area contributed by atoms with Gasteiger partial charge in [-0.2, -0.15) is 5.26 Å². The average Bonchev–Trinajstić information content (AvgIpc) is 3.39. The summed E-state index contributed by atoms with van der Waals surface area (Å²) >= 11 is 7.77. The highest BCUT2D eigenvalue weighted by Gasteiger charge is 2.27. The van der Waals surface area contributed by atoms with Crippen molar-refractivity contribution in [3.8, 4) is 6.07 Å². The highest BCUT2D eigenvalue weighted by Crippen LogP contribution is 2.36. The smallest absolute Gasteiger partial charge is 0.260 e. The van der Waals surface area contributed by atoms with E-state index in [1.54, 1.807) is 29.2 Å². The predicted octanol–water partition coefficient (Wildman–Crippen LogP) is 4.96. The van der Waals surface area contributed by atoms with Crippen LogP contribution in [0.1, 0.15) is 34.3 Å². The number of aryl methyl sites for hydroxylation is 1. The van der Waals surface area contributed by atoms with Crippen molar-refractivity contribution in [1.82, 2.24) is 4.98 Å². The van der Waals surface area contributed by atoms with E-state index >= 15 is 0 Å². The number of amides is 1. The fraction of sp³-hybridized carbons (Fsp3) is 0.286. The number of carbonyl (C=O) groups is 1. The number of aromatic nitrogens is 1. The van der Waals surface area contributed by atoms with Gasteiger partial charge in [-0.25, -0.2) is 4.98 Å². The van der Waals surface area contributed by atoms with Gasteiger partial charge in [-0.05, 0) is 55.7 Å². The lowest BCUT2D eigenvalue weighted by atomic mass is 10.1. The van der Waals surface area contributed by atoms with E-state index in [0.29, 0.717) is 34.4 Å². The van der Waals surface area contributed by atoms with Gasteiger partial charge in [-0.15, -0.1) is 0 Å². The fourth-order valence-corrected chi connectivity index (χ4v) is 4.61. The molecule has 0 radical (unpaired) electrons. The van der Waals surface area contributed by atoms with Crippen molar-refractivity contribution in [2.24, 2.45) is 0 Å². The molecule has 2 heterocycles. The molecule has 7 heteroatoms. The summed E-state index contributed by atoms with van der Waals surface area (Å²) in [6, 6.07) is 12.5. The third-order valence-electron chi connectivity index (χ3n) is 4.83. The molecule has 4 rings (SSSR count). The standard InChI is InChI=1S/C21H18ClN3O2S/c1-13-4-9-17(22)19-18(13)24-21(28-19)25(12-16-3-2-10-27-16)20(26)15-7-5-14(11-23)6-8-15/h4-9,16H,2-3,10,12H2,1H3. The van der Waals surface area contributed by atoms with Crippen LogP contribution in [0.15, 0.2) is 36.4 Å². The number of hydrogen-bond donors (Lipinski definition) is 0.